The third-order valence-corrected chi connectivity index (χ3v) is 4.12. The minimum atomic E-state index is -0.884. The summed E-state index contributed by atoms with van der Waals surface area (Å²) in [5, 5.41) is 10.6. The first kappa shape index (κ1) is 16.6. The molecule has 0 saturated heterocycles. The highest BCUT2D eigenvalue weighted by Crippen LogP contribution is 2.27. The van der Waals surface area contributed by atoms with E-state index in [0.717, 1.165) is 5.56 Å². The maximum Gasteiger partial charge on any atom is 0.351 e. The number of furan rings is 1. The molecule has 0 aliphatic heterocycles. The van der Waals surface area contributed by atoms with Gasteiger partial charge in [-0.3, -0.25) is 4.79 Å². The molecule has 0 saturated carbocycles. The molecule has 0 spiro atoms. The Balaban J connectivity index is 1.64. The molecule has 4 aromatic rings. The molecule has 0 fully saturated rings. The van der Waals surface area contributed by atoms with Crippen LogP contribution in [0.4, 0.5) is 0 Å². The second kappa shape index (κ2) is 6.80. The molecule has 4 rings (SSSR count). The molecule has 27 heavy (non-hydrogen) atoms. The van der Waals surface area contributed by atoms with Crippen LogP contribution in [-0.4, -0.2) is 10.9 Å². The normalized spacial score (nSPS) is 11.3. The van der Waals surface area contributed by atoms with Crippen LogP contribution in [0.15, 0.2) is 86.4 Å². The van der Waals surface area contributed by atoms with Gasteiger partial charge in [0.15, 0.2) is 5.78 Å². The summed E-state index contributed by atoms with van der Waals surface area (Å²) in [5.74, 6) is 0.0632. The van der Waals surface area contributed by atoms with Crippen LogP contribution >= 0.6 is 0 Å². The molecule has 0 atom stereocenters. The van der Waals surface area contributed by atoms with Gasteiger partial charge in [0.2, 0.25) is 0 Å². The number of allylic oxidation sites excluding steroid dienone is 1. The number of carbonyl (C=O) groups excluding carboxylic acids is 1. The molecule has 0 bridgehead atoms. The third kappa shape index (κ3) is 3.18. The third-order valence-electron chi connectivity index (χ3n) is 4.12. The molecule has 2 aromatic carbocycles. The molecule has 1 N–H and O–H groups in total. The highest BCUT2D eigenvalue weighted by molar-refractivity contribution is 6.10. The summed E-state index contributed by atoms with van der Waals surface area (Å²) < 4.78 is 10.8. The molecule has 0 aliphatic rings. The lowest BCUT2D eigenvalue weighted by molar-refractivity contribution is 0.104. The molecular weight excluding hydrogens is 344 g/mol. The summed E-state index contributed by atoms with van der Waals surface area (Å²) in [6.07, 6.45) is 2.62. The number of hydrogen-bond donors (Lipinski definition) is 1. The first-order valence-electron chi connectivity index (χ1n) is 8.26. The average molecular weight is 358 g/mol. The number of aromatic hydroxyl groups is 1. The van der Waals surface area contributed by atoms with Crippen molar-refractivity contribution in [1.82, 2.24) is 0 Å². The fraction of sp³-hybridized carbons (Fsp3) is 0. The molecule has 2 heterocycles. The Hall–Kier alpha value is -3.86. The van der Waals surface area contributed by atoms with Crippen LogP contribution < -0.4 is 5.63 Å². The van der Waals surface area contributed by atoms with Crippen molar-refractivity contribution in [2.24, 2.45) is 0 Å². The van der Waals surface area contributed by atoms with Gasteiger partial charge < -0.3 is 13.9 Å². The van der Waals surface area contributed by atoms with Crippen LogP contribution in [-0.2, 0) is 0 Å². The second-order valence-electron chi connectivity index (χ2n) is 5.87. The van der Waals surface area contributed by atoms with Gasteiger partial charge in [0, 0.05) is 5.56 Å². The van der Waals surface area contributed by atoms with E-state index in [1.165, 1.54) is 12.2 Å². The summed E-state index contributed by atoms with van der Waals surface area (Å²) in [6, 6.07) is 19.5. The van der Waals surface area contributed by atoms with Gasteiger partial charge in [-0.1, -0.05) is 42.5 Å². The van der Waals surface area contributed by atoms with Gasteiger partial charge in [-0.2, -0.15) is 0 Å². The predicted molar refractivity (Wildman–Crippen MR) is 102 cm³/mol. The Morgan fingerprint density at radius 1 is 0.889 bits per heavy atom. The van der Waals surface area contributed by atoms with Crippen molar-refractivity contribution in [3.8, 4) is 17.1 Å². The molecule has 0 radical (unpaired) electrons. The smallest absolute Gasteiger partial charge is 0.351 e. The Bertz CT molecular complexity index is 1210. The predicted octanol–water partition coefficient (Wildman–Crippen LogP) is 4.65. The first-order chi connectivity index (χ1) is 13.1. The van der Waals surface area contributed by atoms with E-state index >= 15 is 0 Å². The first-order valence-corrected chi connectivity index (χ1v) is 8.26. The number of benzene rings is 2. The van der Waals surface area contributed by atoms with Gasteiger partial charge in [-0.05, 0) is 36.4 Å². The lowest BCUT2D eigenvalue weighted by atomic mass is 10.1. The van der Waals surface area contributed by atoms with Crippen molar-refractivity contribution in [2.45, 2.75) is 0 Å². The van der Waals surface area contributed by atoms with E-state index in [1.54, 1.807) is 36.4 Å². The zero-order chi connectivity index (χ0) is 18.8. The van der Waals surface area contributed by atoms with Crippen molar-refractivity contribution in [3.05, 3.63) is 94.5 Å². The molecular formula is C22H14O5. The number of ketones is 1. The Morgan fingerprint density at radius 3 is 2.44 bits per heavy atom. The Morgan fingerprint density at radius 2 is 1.63 bits per heavy atom. The fourth-order valence-corrected chi connectivity index (χ4v) is 2.79. The van der Waals surface area contributed by atoms with E-state index in [-0.39, 0.29) is 11.3 Å². The fourth-order valence-electron chi connectivity index (χ4n) is 2.79. The van der Waals surface area contributed by atoms with Gasteiger partial charge in [0.05, 0.1) is 5.39 Å². The van der Waals surface area contributed by atoms with Crippen LogP contribution in [0.3, 0.4) is 0 Å². The summed E-state index contributed by atoms with van der Waals surface area (Å²) in [5.41, 5.74) is -0.152. The van der Waals surface area contributed by atoms with Gasteiger partial charge in [0.25, 0.3) is 0 Å². The maximum atomic E-state index is 12.4. The number of carbonyl (C=O) groups is 1. The largest absolute Gasteiger partial charge is 0.506 e. The zero-order valence-corrected chi connectivity index (χ0v) is 14.1. The number of fused-ring (bicyclic) bond motifs is 1. The van der Waals surface area contributed by atoms with E-state index in [9.17, 15) is 14.7 Å². The van der Waals surface area contributed by atoms with Crippen molar-refractivity contribution >= 4 is 22.8 Å². The van der Waals surface area contributed by atoms with Crippen LogP contribution in [0, 0.1) is 0 Å². The number of rotatable bonds is 4. The average Bonchev–Trinajstić information content (AvgIpc) is 3.16. The van der Waals surface area contributed by atoms with Gasteiger partial charge in [-0.15, -0.1) is 0 Å². The Kier molecular flexibility index (Phi) is 4.18. The lowest BCUT2D eigenvalue weighted by Gasteiger charge is -2.03. The van der Waals surface area contributed by atoms with Gasteiger partial charge >= 0.3 is 5.63 Å². The van der Waals surface area contributed by atoms with Gasteiger partial charge in [-0.25, -0.2) is 4.79 Å². The minimum absolute atomic E-state index is 0.221. The topological polar surface area (TPSA) is 80.7 Å². The zero-order valence-electron chi connectivity index (χ0n) is 14.1. The van der Waals surface area contributed by atoms with Crippen molar-refractivity contribution < 1.29 is 18.7 Å². The van der Waals surface area contributed by atoms with E-state index in [4.69, 9.17) is 8.83 Å². The van der Waals surface area contributed by atoms with Gasteiger partial charge in [0.1, 0.15) is 28.4 Å². The van der Waals surface area contributed by atoms with Crippen LogP contribution in [0.25, 0.3) is 28.4 Å². The molecule has 2 aromatic heterocycles. The molecule has 0 aliphatic carbocycles. The summed E-state index contributed by atoms with van der Waals surface area (Å²) >= 11 is 0. The molecule has 5 nitrogen and oxygen atoms in total. The minimum Gasteiger partial charge on any atom is -0.506 e. The number of para-hydroxylation sites is 1. The highest BCUT2D eigenvalue weighted by atomic mass is 16.4. The standard InChI is InChI=1S/C22H14O5/c23-17(20-21(24)16-8-4-5-9-19(16)27-22(20)25)12-10-15-11-13-18(26-15)14-6-2-1-3-7-14/h1-13,24H. The van der Waals surface area contributed by atoms with E-state index in [1.807, 2.05) is 30.3 Å². The quantitative estimate of drug-likeness (QED) is 0.326. The summed E-state index contributed by atoms with van der Waals surface area (Å²) in [4.78, 5) is 24.5. The van der Waals surface area contributed by atoms with Crippen molar-refractivity contribution in [2.75, 3.05) is 0 Å². The van der Waals surface area contributed by atoms with Crippen molar-refractivity contribution in [1.29, 1.82) is 0 Å². The number of hydrogen-bond acceptors (Lipinski definition) is 5. The van der Waals surface area contributed by atoms with Crippen LogP contribution in [0.5, 0.6) is 5.75 Å². The molecule has 132 valence electrons. The lowest BCUT2D eigenvalue weighted by Crippen LogP contribution is -2.12. The summed E-state index contributed by atoms with van der Waals surface area (Å²) in [7, 11) is 0. The van der Waals surface area contributed by atoms with Crippen LogP contribution in [0.1, 0.15) is 16.1 Å². The second-order valence-corrected chi connectivity index (χ2v) is 5.87. The summed E-state index contributed by atoms with van der Waals surface area (Å²) in [6.45, 7) is 0. The van der Waals surface area contributed by atoms with E-state index in [2.05, 4.69) is 0 Å². The molecule has 5 heteroatoms. The van der Waals surface area contributed by atoms with E-state index < -0.39 is 17.0 Å². The van der Waals surface area contributed by atoms with Crippen LogP contribution in [0.2, 0.25) is 0 Å². The molecule has 0 amide bonds. The van der Waals surface area contributed by atoms with E-state index in [0.29, 0.717) is 16.9 Å². The highest BCUT2D eigenvalue weighted by Gasteiger charge is 2.18. The molecule has 0 unspecified atom stereocenters. The SMILES string of the molecule is O=C(C=Cc1ccc(-c2ccccc2)o1)c1c(O)c2ccccc2oc1=O. The van der Waals surface area contributed by atoms with Crippen molar-refractivity contribution in [3.63, 3.8) is 0 Å². The Labute approximate surface area is 153 Å². The monoisotopic (exact) mass is 358 g/mol. The maximum absolute atomic E-state index is 12.4.